The Morgan fingerprint density at radius 3 is 2.56 bits per heavy atom. The van der Waals surface area contributed by atoms with Crippen molar-refractivity contribution >= 4 is 21.5 Å². The van der Waals surface area contributed by atoms with E-state index in [1.54, 1.807) is 25.6 Å². The third kappa shape index (κ3) is 1.92. The molecule has 0 saturated heterocycles. The number of hydrogen-bond acceptors (Lipinski definition) is 5. The van der Waals surface area contributed by atoms with Crippen molar-refractivity contribution in [3.05, 3.63) is 17.6 Å². The topological polar surface area (TPSA) is 119 Å². The Balaban J connectivity index is 2.43. The summed E-state index contributed by atoms with van der Waals surface area (Å²) in [4.78, 5) is -0.0786. The van der Waals surface area contributed by atoms with E-state index < -0.39 is 10.0 Å². The first-order valence-electron chi connectivity index (χ1n) is 5.15. The van der Waals surface area contributed by atoms with E-state index in [9.17, 15) is 8.42 Å². The van der Waals surface area contributed by atoms with Crippen LogP contribution in [0.15, 0.2) is 11.1 Å². The molecule has 0 aliphatic carbocycles. The number of aryl methyl sites for hydroxylation is 2. The van der Waals surface area contributed by atoms with Gasteiger partial charge in [-0.15, -0.1) is 0 Å². The van der Waals surface area contributed by atoms with E-state index in [1.807, 2.05) is 0 Å². The van der Waals surface area contributed by atoms with Crippen LogP contribution in [0.25, 0.3) is 0 Å². The molecule has 18 heavy (non-hydrogen) atoms. The molecular formula is C9H14N6O2S. The Hall–Kier alpha value is -2.03. The molecule has 0 amide bonds. The van der Waals surface area contributed by atoms with E-state index in [-0.39, 0.29) is 10.7 Å². The quantitative estimate of drug-likeness (QED) is 0.733. The summed E-state index contributed by atoms with van der Waals surface area (Å²) in [6.45, 7) is 3.50. The highest BCUT2D eigenvalue weighted by Gasteiger charge is 2.22. The first-order chi connectivity index (χ1) is 8.33. The third-order valence-corrected chi connectivity index (χ3v) is 4.04. The van der Waals surface area contributed by atoms with E-state index in [1.165, 1.54) is 6.20 Å². The smallest absolute Gasteiger partial charge is 0.267 e. The maximum absolute atomic E-state index is 12.1. The summed E-state index contributed by atoms with van der Waals surface area (Å²) in [5.41, 5.74) is 7.28. The Bertz CT molecular complexity index is 684. The van der Waals surface area contributed by atoms with Crippen LogP contribution in [0.3, 0.4) is 0 Å². The lowest BCUT2D eigenvalue weighted by molar-refractivity contribution is 0.601. The normalized spacial score (nSPS) is 11.7. The predicted octanol–water partition coefficient (Wildman–Crippen LogP) is 0.143. The van der Waals surface area contributed by atoms with Crippen LogP contribution in [0, 0.1) is 13.8 Å². The molecule has 0 bridgehead atoms. The average Bonchev–Trinajstić information content (AvgIpc) is 2.79. The molecular weight excluding hydrogens is 256 g/mol. The van der Waals surface area contributed by atoms with Gasteiger partial charge in [0.2, 0.25) is 0 Å². The lowest BCUT2D eigenvalue weighted by atomic mass is 10.3. The SMILES string of the molecule is Cc1nn(C)c(C)c1NS(=O)(=O)c1cn[nH]c1N. The molecule has 8 nitrogen and oxygen atoms in total. The molecule has 2 aromatic rings. The van der Waals surface area contributed by atoms with Crippen molar-refractivity contribution < 1.29 is 8.42 Å². The number of nitrogen functional groups attached to an aromatic ring is 1. The van der Waals surface area contributed by atoms with Crippen LogP contribution in [-0.4, -0.2) is 28.4 Å². The number of sulfonamides is 1. The highest BCUT2D eigenvalue weighted by molar-refractivity contribution is 7.92. The van der Waals surface area contributed by atoms with Gasteiger partial charge in [0, 0.05) is 7.05 Å². The van der Waals surface area contributed by atoms with Crippen LogP contribution in [0.2, 0.25) is 0 Å². The lowest BCUT2D eigenvalue weighted by Crippen LogP contribution is -2.15. The van der Waals surface area contributed by atoms with E-state index in [0.29, 0.717) is 11.4 Å². The van der Waals surface area contributed by atoms with Crippen molar-refractivity contribution in [3.63, 3.8) is 0 Å². The van der Waals surface area contributed by atoms with Gasteiger partial charge in [-0.2, -0.15) is 10.2 Å². The maximum Gasteiger partial charge on any atom is 0.267 e. The minimum Gasteiger partial charge on any atom is -0.383 e. The molecule has 0 saturated carbocycles. The van der Waals surface area contributed by atoms with Gasteiger partial charge in [0.25, 0.3) is 10.0 Å². The number of rotatable bonds is 3. The fourth-order valence-corrected chi connectivity index (χ4v) is 2.81. The maximum atomic E-state index is 12.1. The van der Waals surface area contributed by atoms with E-state index >= 15 is 0 Å². The number of aromatic amines is 1. The number of hydrogen-bond donors (Lipinski definition) is 3. The third-order valence-electron chi connectivity index (χ3n) is 2.67. The van der Waals surface area contributed by atoms with Gasteiger partial charge in [0.05, 0.1) is 23.3 Å². The summed E-state index contributed by atoms with van der Waals surface area (Å²) in [7, 11) is -2.01. The fourth-order valence-electron chi connectivity index (χ4n) is 1.61. The summed E-state index contributed by atoms with van der Waals surface area (Å²) in [5.74, 6) is 0.00157. The van der Waals surface area contributed by atoms with Crippen molar-refractivity contribution in [2.45, 2.75) is 18.7 Å². The van der Waals surface area contributed by atoms with Gasteiger partial charge < -0.3 is 5.73 Å². The largest absolute Gasteiger partial charge is 0.383 e. The minimum atomic E-state index is -3.75. The van der Waals surface area contributed by atoms with Gasteiger partial charge in [-0.25, -0.2) is 8.42 Å². The number of H-pyrrole nitrogens is 1. The number of nitrogens with one attached hydrogen (secondary N) is 2. The molecule has 0 radical (unpaired) electrons. The summed E-state index contributed by atoms with van der Waals surface area (Å²) in [6.07, 6.45) is 1.17. The zero-order valence-electron chi connectivity index (χ0n) is 10.2. The Labute approximate surface area is 104 Å². The van der Waals surface area contributed by atoms with Gasteiger partial charge in [-0.3, -0.25) is 14.5 Å². The van der Waals surface area contributed by atoms with Crippen LogP contribution < -0.4 is 10.5 Å². The van der Waals surface area contributed by atoms with Crippen molar-refractivity contribution in [2.75, 3.05) is 10.5 Å². The van der Waals surface area contributed by atoms with Gasteiger partial charge in [-0.1, -0.05) is 0 Å². The fraction of sp³-hybridized carbons (Fsp3) is 0.333. The molecule has 0 atom stereocenters. The second-order valence-electron chi connectivity index (χ2n) is 3.92. The summed E-state index contributed by atoms with van der Waals surface area (Å²) >= 11 is 0. The Morgan fingerprint density at radius 1 is 1.44 bits per heavy atom. The molecule has 0 fully saturated rings. The molecule has 9 heteroatoms. The molecule has 98 valence electrons. The van der Waals surface area contributed by atoms with Gasteiger partial charge in [0.15, 0.2) is 0 Å². The van der Waals surface area contributed by atoms with Crippen molar-refractivity contribution in [3.8, 4) is 0 Å². The number of anilines is 2. The highest BCUT2D eigenvalue weighted by Crippen LogP contribution is 2.24. The number of nitrogens with two attached hydrogens (primary N) is 1. The van der Waals surface area contributed by atoms with Crippen LogP contribution in [-0.2, 0) is 17.1 Å². The summed E-state index contributed by atoms with van der Waals surface area (Å²) in [5, 5.41) is 10.1. The van der Waals surface area contributed by atoms with Crippen molar-refractivity contribution in [2.24, 2.45) is 7.05 Å². The summed E-state index contributed by atoms with van der Waals surface area (Å²) < 4.78 is 28.3. The predicted molar refractivity (Wildman–Crippen MR) is 66.5 cm³/mol. The summed E-state index contributed by atoms with van der Waals surface area (Å²) in [6, 6.07) is 0. The molecule has 2 heterocycles. The van der Waals surface area contributed by atoms with Gasteiger partial charge in [-0.05, 0) is 13.8 Å². The molecule has 0 spiro atoms. The minimum absolute atomic E-state index is 0.00157. The van der Waals surface area contributed by atoms with Crippen LogP contribution in [0.1, 0.15) is 11.4 Å². The zero-order valence-corrected chi connectivity index (χ0v) is 11.0. The van der Waals surface area contributed by atoms with Crippen LogP contribution >= 0.6 is 0 Å². The first kappa shape index (κ1) is 12.4. The van der Waals surface area contributed by atoms with E-state index in [4.69, 9.17) is 5.73 Å². The second kappa shape index (κ2) is 4.02. The highest BCUT2D eigenvalue weighted by atomic mass is 32.2. The number of nitrogens with zero attached hydrogens (tertiary/aromatic N) is 3. The standard InChI is InChI=1S/C9H14N6O2S/c1-5-8(6(2)15(3)13-5)14-18(16,17)7-4-11-12-9(7)10/h4,14H,1-3H3,(H3,10,11,12). The Morgan fingerprint density at radius 2 is 2.11 bits per heavy atom. The molecule has 0 aromatic carbocycles. The second-order valence-corrected chi connectivity index (χ2v) is 5.57. The van der Waals surface area contributed by atoms with E-state index in [2.05, 4.69) is 20.0 Å². The molecule has 2 aromatic heterocycles. The monoisotopic (exact) mass is 270 g/mol. The lowest BCUT2D eigenvalue weighted by Gasteiger charge is -2.07. The first-order valence-corrected chi connectivity index (χ1v) is 6.63. The van der Waals surface area contributed by atoms with Gasteiger partial charge in [0.1, 0.15) is 10.7 Å². The molecule has 0 aliphatic rings. The van der Waals surface area contributed by atoms with Gasteiger partial charge >= 0.3 is 0 Å². The van der Waals surface area contributed by atoms with Crippen molar-refractivity contribution in [1.29, 1.82) is 0 Å². The van der Waals surface area contributed by atoms with Crippen molar-refractivity contribution in [1.82, 2.24) is 20.0 Å². The molecule has 0 aliphatic heterocycles. The van der Waals surface area contributed by atoms with Crippen LogP contribution in [0.4, 0.5) is 11.5 Å². The average molecular weight is 270 g/mol. The van der Waals surface area contributed by atoms with Crippen LogP contribution in [0.5, 0.6) is 0 Å². The molecule has 0 unspecified atom stereocenters. The van der Waals surface area contributed by atoms with E-state index in [0.717, 1.165) is 5.69 Å². The molecule has 4 N–H and O–H groups in total. The zero-order chi connectivity index (χ0) is 13.5. The Kier molecular flexibility index (Phi) is 2.77. The molecule has 2 rings (SSSR count). The number of aromatic nitrogens is 4.